The monoisotopic (exact) mass is 767 g/mol. The molecule has 1 aliphatic heterocycles. The van der Waals surface area contributed by atoms with Crippen molar-refractivity contribution in [3.63, 3.8) is 0 Å². The van der Waals surface area contributed by atoms with Gasteiger partial charge in [-0.3, -0.25) is 14.4 Å². The number of amides is 1. The predicted molar refractivity (Wildman–Crippen MR) is 189 cm³/mol. The largest absolute Gasteiger partial charge is 0.507 e. The van der Waals surface area contributed by atoms with Crippen LogP contribution in [0, 0.1) is 6.92 Å². The average Bonchev–Trinajstić information content (AvgIpc) is 3.14. The summed E-state index contributed by atoms with van der Waals surface area (Å²) in [6, 6.07) is 3.49. The maximum Gasteiger partial charge on any atom is 0.341 e. The lowest BCUT2D eigenvalue weighted by atomic mass is 9.57. The van der Waals surface area contributed by atoms with Gasteiger partial charge in [0.2, 0.25) is 11.6 Å². The Morgan fingerprint density at radius 1 is 0.982 bits per heavy atom. The number of nitrogens with one attached hydrogen (secondary N) is 1. The Labute approximate surface area is 313 Å². The van der Waals surface area contributed by atoms with Gasteiger partial charge in [0.05, 0.1) is 41.6 Å². The minimum Gasteiger partial charge on any atom is -0.507 e. The molecule has 0 saturated carbocycles. The van der Waals surface area contributed by atoms with E-state index in [9.17, 15) is 49.8 Å². The Morgan fingerprint density at radius 3 is 2.25 bits per heavy atom. The van der Waals surface area contributed by atoms with Gasteiger partial charge in [-0.25, -0.2) is 4.79 Å². The number of aliphatic hydroxyl groups is 3. The fourth-order valence-electron chi connectivity index (χ4n) is 8.14. The van der Waals surface area contributed by atoms with E-state index in [2.05, 4.69) is 15.5 Å². The van der Waals surface area contributed by atoms with Crippen LogP contribution in [0.5, 0.6) is 17.2 Å². The summed E-state index contributed by atoms with van der Waals surface area (Å²) >= 11 is 0. The Kier molecular flexibility index (Phi) is 10.2. The normalized spacial score (nSPS) is 28.8. The molecule has 0 bridgehead atoms. The van der Waals surface area contributed by atoms with Gasteiger partial charge in [-0.2, -0.15) is 0 Å². The van der Waals surface area contributed by atoms with Crippen molar-refractivity contribution in [3.05, 3.63) is 51.6 Å². The molecule has 55 heavy (non-hydrogen) atoms. The van der Waals surface area contributed by atoms with Gasteiger partial charge in [-0.1, -0.05) is 13.0 Å². The van der Waals surface area contributed by atoms with Crippen LogP contribution in [-0.4, -0.2) is 125 Å². The van der Waals surface area contributed by atoms with Gasteiger partial charge < -0.3 is 59.6 Å². The number of phenols is 3. The first-order valence-corrected chi connectivity index (χ1v) is 17.2. The number of hydrogen-bond acceptors (Lipinski definition) is 17. The quantitative estimate of drug-likeness (QED) is 0.0983. The zero-order valence-corrected chi connectivity index (χ0v) is 30.9. The molecule has 6 rings (SSSR count). The van der Waals surface area contributed by atoms with Crippen LogP contribution in [0.1, 0.15) is 68.0 Å². The van der Waals surface area contributed by atoms with E-state index in [1.807, 2.05) is 0 Å². The number of fused-ring (bicyclic) bond motifs is 5. The summed E-state index contributed by atoms with van der Waals surface area (Å²) in [4.78, 5) is 54.6. The van der Waals surface area contributed by atoms with Gasteiger partial charge in [0, 0.05) is 50.7 Å². The Balaban J connectivity index is 1.64. The lowest BCUT2D eigenvalue weighted by Crippen LogP contribution is -2.73. The molecule has 3 aromatic rings. The number of azo groups is 1. The second-order valence-electron chi connectivity index (χ2n) is 13.6. The lowest BCUT2D eigenvalue weighted by Gasteiger charge is -2.52. The highest BCUT2D eigenvalue weighted by atomic mass is 16.6. The first-order chi connectivity index (χ1) is 26.0. The zero-order chi connectivity index (χ0) is 40.5. The zero-order valence-electron chi connectivity index (χ0n) is 30.9. The molecule has 1 fully saturated rings. The SMILES string of the molecule is CCC(=O)N=Nc1cc(N[C@H]2O[C@@H](C)[C@H](OC)[C@@H](O)[C@H]2OC)c(O)c2cc3c(c(O)c12)C(=O)[C@]1(OC)[C@H](O)Cc2cc(C)c(C(=O)OC)c(O)c2[C@]1(O)C3=O. The van der Waals surface area contributed by atoms with E-state index < -0.39 is 117 Å². The highest BCUT2D eigenvalue weighted by molar-refractivity contribution is 6.27. The number of phenolic OH excluding ortho intramolecular Hbond substituents is 3. The van der Waals surface area contributed by atoms with Crippen molar-refractivity contribution < 1.29 is 73.5 Å². The fourth-order valence-corrected chi connectivity index (χ4v) is 8.14. The van der Waals surface area contributed by atoms with Crippen LogP contribution in [0.15, 0.2) is 28.4 Å². The summed E-state index contributed by atoms with van der Waals surface area (Å²) < 4.78 is 27.2. The topological polar surface area (TPSA) is 273 Å². The lowest BCUT2D eigenvalue weighted by molar-refractivity contribution is -0.223. The van der Waals surface area contributed by atoms with Crippen LogP contribution in [-0.2, 0) is 40.5 Å². The molecule has 1 saturated heterocycles. The summed E-state index contributed by atoms with van der Waals surface area (Å²) in [5, 5.41) is 80.3. The maximum atomic E-state index is 14.8. The number of nitrogens with zero attached hydrogens (tertiary/aromatic N) is 2. The number of methoxy groups -OCH3 is 4. The van der Waals surface area contributed by atoms with E-state index in [-0.39, 0.29) is 39.7 Å². The summed E-state index contributed by atoms with van der Waals surface area (Å²) in [5.41, 5.74) is -8.88. The van der Waals surface area contributed by atoms with Crippen molar-refractivity contribution in [2.45, 2.75) is 81.6 Å². The molecule has 1 heterocycles. The number of ether oxygens (including phenoxy) is 5. The van der Waals surface area contributed by atoms with Crippen LogP contribution in [0.3, 0.4) is 0 Å². The highest BCUT2D eigenvalue weighted by Crippen LogP contribution is 2.58. The van der Waals surface area contributed by atoms with Crippen molar-refractivity contribution in [2.24, 2.45) is 10.2 Å². The van der Waals surface area contributed by atoms with Crippen LogP contribution in [0.2, 0.25) is 0 Å². The summed E-state index contributed by atoms with van der Waals surface area (Å²) in [5.74, 6) is -6.89. The van der Waals surface area contributed by atoms with E-state index in [1.54, 1.807) is 6.92 Å². The van der Waals surface area contributed by atoms with Crippen molar-refractivity contribution >= 4 is 45.6 Å². The number of aromatic hydroxyl groups is 3. The first kappa shape index (κ1) is 39.6. The molecule has 0 radical (unpaired) electrons. The van der Waals surface area contributed by atoms with E-state index >= 15 is 0 Å². The first-order valence-electron chi connectivity index (χ1n) is 17.2. The van der Waals surface area contributed by atoms with E-state index in [4.69, 9.17) is 23.7 Å². The maximum absolute atomic E-state index is 14.8. The van der Waals surface area contributed by atoms with Gasteiger partial charge in [0.15, 0.2) is 17.4 Å². The number of Topliss-reactive ketones (excluding diaryl/α,β-unsaturated/α-hetero) is 2. The number of aliphatic hydroxyl groups excluding tert-OH is 2. The third-order valence-electron chi connectivity index (χ3n) is 10.8. The Morgan fingerprint density at radius 2 is 1.65 bits per heavy atom. The number of rotatable bonds is 8. The van der Waals surface area contributed by atoms with E-state index in [0.717, 1.165) is 20.3 Å². The standard InChI is InChI=1S/C37H41N3O15/c1-8-21(42)40-39-18-12-19(38-34-31(52-5)29(46)30(51-4)14(3)55-34)26(43)16-11-17-24(27(44)23(16)18)33(48)37(54-7)20(41)10-15-9-13(2)22(35(49)53-6)28(45)25(15)36(37,50)32(17)47/h9,11-12,14,20,29-31,34,38,41,43-46,50H,8,10H2,1-7H3/t14-,20+,29+,30-,31+,34-,36-,37+/m0/s1. The van der Waals surface area contributed by atoms with Gasteiger partial charge in [0.25, 0.3) is 5.91 Å². The number of anilines is 1. The van der Waals surface area contributed by atoms with Gasteiger partial charge in [0.1, 0.15) is 41.1 Å². The van der Waals surface area contributed by atoms with Crippen molar-refractivity contribution in [2.75, 3.05) is 33.8 Å². The fraction of sp³-hybridized carbons (Fsp3) is 0.459. The molecule has 0 aromatic heterocycles. The molecule has 0 unspecified atom stereocenters. The molecule has 3 aromatic carbocycles. The summed E-state index contributed by atoms with van der Waals surface area (Å²) in [6.07, 6.45) is -7.39. The predicted octanol–water partition coefficient (Wildman–Crippen LogP) is 2.19. The molecule has 294 valence electrons. The highest BCUT2D eigenvalue weighted by Gasteiger charge is 2.72. The van der Waals surface area contributed by atoms with Crippen LogP contribution in [0.4, 0.5) is 11.4 Å². The molecule has 18 heteroatoms. The Hall–Kier alpha value is -5.08. The molecular formula is C37H41N3O15. The number of carbonyl (C=O) groups excluding carboxylic acids is 4. The third kappa shape index (κ3) is 5.50. The van der Waals surface area contributed by atoms with Crippen molar-refractivity contribution in [3.8, 4) is 17.2 Å². The molecule has 1 amide bonds. The molecule has 0 spiro atoms. The number of benzene rings is 3. The molecule has 18 nitrogen and oxygen atoms in total. The summed E-state index contributed by atoms with van der Waals surface area (Å²) in [7, 11) is 4.69. The second kappa shape index (κ2) is 14.2. The molecule has 7 N–H and O–H groups in total. The number of carbonyl (C=O) groups is 4. The summed E-state index contributed by atoms with van der Waals surface area (Å²) in [6.45, 7) is 4.62. The van der Waals surface area contributed by atoms with Crippen LogP contribution < -0.4 is 5.32 Å². The average molecular weight is 768 g/mol. The van der Waals surface area contributed by atoms with E-state index in [0.29, 0.717) is 0 Å². The smallest absolute Gasteiger partial charge is 0.341 e. The second-order valence-corrected chi connectivity index (χ2v) is 13.6. The number of ketones is 2. The number of aryl methyl sites for hydroxylation is 1. The van der Waals surface area contributed by atoms with Gasteiger partial charge in [-0.05, 0) is 37.1 Å². The molecule has 2 aliphatic carbocycles. The molecule has 3 aliphatic rings. The number of esters is 1. The number of hydrogen-bond donors (Lipinski definition) is 7. The minimum atomic E-state index is -3.23. The van der Waals surface area contributed by atoms with Crippen LogP contribution in [0.25, 0.3) is 10.8 Å². The minimum absolute atomic E-state index is 0.00451. The van der Waals surface area contributed by atoms with Gasteiger partial charge in [-0.15, -0.1) is 10.2 Å². The third-order valence-corrected chi connectivity index (χ3v) is 10.8. The molecular weight excluding hydrogens is 726 g/mol. The molecule has 8 atom stereocenters. The van der Waals surface area contributed by atoms with Gasteiger partial charge >= 0.3 is 5.97 Å². The van der Waals surface area contributed by atoms with E-state index in [1.165, 1.54) is 40.2 Å². The van der Waals surface area contributed by atoms with Crippen molar-refractivity contribution in [1.29, 1.82) is 0 Å². The van der Waals surface area contributed by atoms with Crippen LogP contribution >= 0.6 is 0 Å². The van der Waals surface area contributed by atoms with Crippen molar-refractivity contribution in [1.82, 2.24) is 0 Å². The Bertz CT molecular complexity index is 2170.